The molecule has 0 fully saturated rings. The van der Waals surface area contributed by atoms with E-state index in [0.29, 0.717) is 11.6 Å². The molecule has 0 aliphatic heterocycles. The average Bonchev–Trinajstić information content (AvgIpc) is 2.40. The van der Waals surface area contributed by atoms with Crippen molar-refractivity contribution in [2.45, 2.75) is 6.61 Å². The Balaban J connectivity index is 2.02. The third kappa shape index (κ3) is 4.09. The van der Waals surface area contributed by atoms with Crippen LogP contribution in [-0.2, 0) is 16.1 Å². The van der Waals surface area contributed by atoms with E-state index in [1.807, 2.05) is 48.5 Å². The monoisotopic (exact) mass is 276 g/mol. The van der Waals surface area contributed by atoms with E-state index in [1.54, 1.807) is 0 Å². The van der Waals surface area contributed by atoms with Gasteiger partial charge in [-0.2, -0.15) is 0 Å². The lowest BCUT2D eigenvalue weighted by Crippen LogP contribution is -2.06. The van der Waals surface area contributed by atoms with E-state index in [4.69, 9.17) is 21.4 Å². The van der Waals surface area contributed by atoms with Crippen LogP contribution in [0, 0.1) is 0 Å². The number of benzene rings is 2. The topological polar surface area (TPSA) is 46.5 Å². The zero-order valence-corrected chi connectivity index (χ0v) is 10.9. The molecule has 0 radical (unpaired) electrons. The van der Waals surface area contributed by atoms with Crippen LogP contribution < -0.4 is 0 Å². The summed E-state index contributed by atoms with van der Waals surface area (Å²) >= 11 is 5.84. The zero-order chi connectivity index (χ0) is 13.7. The van der Waals surface area contributed by atoms with Crippen molar-refractivity contribution >= 4 is 17.6 Å². The van der Waals surface area contributed by atoms with Gasteiger partial charge < -0.3 is 9.84 Å². The Kier molecular flexibility index (Phi) is 4.55. The second-order valence-electron chi connectivity index (χ2n) is 4.09. The first-order chi connectivity index (χ1) is 9.15. The Bertz CT molecular complexity index is 547. The van der Waals surface area contributed by atoms with Gasteiger partial charge in [-0.15, -0.1) is 0 Å². The van der Waals surface area contributed by atoms with Gasteiger partial charge in [-0.25, -0.2) is 4.79 Å². The summed E-state index contributed by atoms with van der Waals surface area (Å²) in [6, 6.07) is 15.4. The number of hydrogen-bond acceptors (Lipinski definition) is 2. The molecular weight excluding hydrogens is 264 g/mol. The molecule has 0 aliphatic carbocycles. The minimum atomic E-state index is -0.960. The van der Waals surface area contributed by atoms with Gasteiger partial charge in [0.1, 0.15) is 6.61 Å². The summed E-state index contributed by atoms with van der Waals surface area (Å²) in [5, 5.41) is 9.18. The molecule has 0 heterocycles. The Labute approximate surface area is 116 Å². The standard InChI is InChI=1S/C15H13ClO3/c16-14-7-5-13(6-8-14)12-3-1-11(2-4-12)9-19-10-15(17)18/h1-8H,9-10H2,(H,17,18). The fourth-order valence-electron chi connectivity index (χ4n) is 1.69. The third-order valence-corrected chi connectivity index (χ3v) is 2.88. The van der Waals surface area contributed by atoms with Crippen LogP contribution in [0.15, 0.2) is 48.5 Å². The van der Waals surface area contributed by atoms with Crippen molar-refractivity contribution in [2.75, 3.05) is 6.61 Å². The second-order valence-corrected chi connectivity index (χ2v) is 4.53. The molecule has 19 heavy (non-hydrogen) atoms. The number of aliphatic carboxylic acids is 1. The predicted octanol–water partition coefficient (Wildman–Crippen LogP) is 3.61. The molecule has 0 bridgehead atoms. The van der Waals surface area contributed by atoms with Gasteiger partial charge in [0.2, 0.25) is 0 Å². The van der Waals surface area contributed by atoms with Crippen molar-refractivity contribution in [2.24, 2.45) is 0 Å². The molecule has 0 saturated carbocycles. The Morgan fingerprint density at radius 3 is 2.05 bits per heavy atom. The van der Waals surface area contributed by atoms with Crippen molar-refractivity contribution in [3.63, 3.8) is 0 Å². The molecule has 4 heteroatoms. The largest absolute Gasteiger partial charge is 0.480 e. The molecular formula is C15H13ClO3. The first kappa shape index (κ1) is 13.6. The molecule has 1 N–H and O–H groups in total. The maximum atomic E-state index is 10.3. The molecule has 2 aromatic rings. The van der Waals surface area contributed by atoms with Gasteiger partial charge in [0, 0.05) is 5.02 Å². The molecule has 0 aliphatic rings. The highest BCUT2D eigenvalue weighted by atomic mass is 35.5. The van der Waals surface area contributed by atoms with Crippen molar-refractivity contribution in [1.29, 1.82) is 0 Å². The summed E-state index contributed by atoms with van der Waals surface area (Å²) in [5.41, 5.74) is 3.11. The van der Waals surface area contributed by atoms with Gasteiger partial charge in [0.15, 0.2) is 0 Å². The minimum absolute atomic E-state index is 0.279. The molecule has 0 unspecified atom stereocenters. The molecule has 0 spiro atoms. The molecule has 0 amide bonds. The quantitative estimate of drug-likeness (QED) is 0.907. The van der Waals surface area contributed by atoms with Crippen molar-refractivity contribution in [3.05, 3.63) is 59.1 Å². The van der Waals surface area contributed by atoms with E-state index in [-0.39, 0.29) is 6.61 Å². The van der Waals surface area contributed by atoms with E-state index < -0.39 is 5.97 Å². The number of carboxylic acids is 1. The highest BCUT2D eigenvalue weighted by molar-refractivity contribution is 6.30. The number of ether oxygens (including phenoxy) is 1. The van der Waals surface area contributed by atoms with Crippen molar-refractivity contribution in [1.82, 2.24) is 0 Å². The Morgan fingerprint density at radius 1 is 1.00 bits per heavy atom. The normalized spacial score (nSPS) is 10.4. The number of carboxylic acid groups (broad SMARTS) is 1. The van der Waals surface area contributed by atoms with Crippen LogP contribution in [-0.4, -0.2) is 17.7 Å². The van der Waals surface area contributed by atoms with Gasteiger partial charge >= 0.3 is 5.97 Å². The van der Waals surface area contributed by atoms with Crippen LogP contribution in [0.5, 0.6) is 0 Å². The van der Waals surface area contributed by atoms with Crippen LogP contribution >= 0.6 is 11.6 Å². The lowest BCUT2D eigenvalue weighted by molar-refractivity contribution is -0.142. The van der Waals surface area contributed by atoms with Crippen LogP contribution in [0.1, 0.15) is 5.56 Å². The summed E-state index contributed by atoms with van der Waals surface area (Å²) in [5.74, 6) is -0.960. The SMILES string of the molecule is O=C(O)COCc1ccc(-c2ccc(Cl)cc2)cc1. The highest BCUT2D eigenvalue weighted by Crippen LogP contribution is 2.22. The van der Waals surface area contributed by atoms with E-state index >= 15 is 0 Å². The smallest absolute Gasteiger partial charge is 0.329 e. The summed E-state index contributed by atoms with van der Waals surface area (Å²) in [6.07, 6.45) is 0. The Morgan fingerprint density at radius 2 is 1.53 bits per heavy atom. The summed E-state index contributed by atoms with van der Waals surface area (Å²) < 4.78 is 5.03. The summed E-state index contributed by atoms with van der Waals surface area (Å²) in [7, 11) is 0. The number of rotatable bonds is 5. The van der Waals surface area contributed by atoms with Crippen LogP contribution in [0.4, 0.5) is 0 Å². The first-order valence-electron chi connectivity index (χ1n) is 5.79. The molecule has 0 aromatic heterocycles. The van der Waals surface area contributed by atoms with Gasteiger partial charge in [-0.1, -0.05) is 48.0 Å². The van der Waals surface area contributed by atoms with Crippen LogP contribution in [0.3, 0.4) is 0 Å². The van der Waals surface area contributed by atoms with Gasteiger partial charge in [0.05, 0.1) is 6.61 Å². The highest BCUT2D eigenvalue weighted by Gasteiger charge is 2.00. The fourth-order valence-corrected chi connectivity index (χ4v) is 1.82. The average molecular weight is 277 g/mol. The van der Waals surface area contributed by atoms with E-state index in [2.05, 4.69) is 0 Å². The van der Waals surface area contributed by atoms with E-state index in [1.165, 1.54) is 0 Å². The van der Waals surface area contributed by atoms with Gasteiger partial charge in [0.25, 0.3) is 0 Å². The number of hydrogen-bond donors (Lipinski definition) is 1. The molecule has 2 rings (SSSR count). The van der Waals surface area contributed by atoms with E-state index in [9.17, 15) is 4.79 Å². The Hall–Kier alpha value is -1.84. The molecule has 98 valence electrons. The minimum Gasteiger partial charge on any atom is -0.480 e. The second kappa shape index (κ2) is 6.36. The van der Waals surface area contributed by atoms with Crippen molar-refractivity contribution in [3.8, 4) is 11.1 Å². The molecule has 0 saturated heterocycles. The maximum absolute atomic E-state index is 10.3. The van der Waals surface area contributed by atoms with Gasteiger partial charge in [-0.05, 0) is 28.8 Å². The lowest BCUT2D eigenvalue weighted by atomic mass is 10.0. The maximum Gasteiger partial charge on any atom is 0.329 e. The lowest BCUT2D eigenvalue weighted by Gasteiger charge is -2.05. The zero-order valence-electron chi connectivity index (χ0n) is 10.2. The molecule has 0 atom stereocenters. The summed E-state index contributed by atoms with van der Waals surface area (Å²) in [4.78, 5) is 10.3. The van der Waals surface area contributed by atoms with Gasteiger partial charge in [-0.3, -0.25) is 0 Å². The first-order valence-corrected chi connectivity index (χ1v) is 6.17. The fraction of sp³-hybridized carbons (Fsp3) is 0.133. The number of halogens is 1. The predicted molar refractivity (Wildman–Crippen MR) is 74.2 cm³/mol. The van der Waals surface area contributed by atoms with Crippen LogP contribution in [0.2, 0.25) is 5.02 Å². The molecule has 2 aromatic carbocycles. The summed E-state index contributed by atoms with van der Waals surface area (Å²) in [6.45, 7) is 0.0200. The van der Waals surface area contributed by atoms with Crippen molar-refractivity contribution < 1.29 is 14.6 Å². The van der Waals surface area contributed by atoms with Crippen LogP contribution in [0.25, 0.3) is 11.1 Å². The van der Waals surface area contributed by atoms with E-state index in [0.717, 1.165) is 16.7 Å². The molecule has 3 nitrogen and oxygen atoms in total. The number of carbonyl (C=O) groups is 1. The third-order valence-electron chi connectivity index (χ3n) is 2.63.